The van der Waals surface area contributed by atoms with E-state index in [0.29, 0.717) is 17.5 Å². The van der Waals surface area contributed by atoms with Crippen molar-refractivity contribution < 1.29 is 9.90 Å². The Morgan fingerprint density at radius 2 is 2.21 bits per heavy atom. The summed E-state index contributed by atoms with van der Waals surface area (Å²) in [6.07, 6.45) is 1.84. The van der Waals surface area contributed by atoms with Crippen molar-refractivity contribution in [1.82, 2.24) is 15.5 Å². The quantitative estimate of drug-likeness (QED) is 0.787. The third kappa shape index (κ3) is 2.16. The van der Waals surface area contributed by atoms with Crippen LogP contribution in [0, 0.1) is 11.8 Å². The van der Waals surface area contributed by atoms with Crippen molar-refractivity contribution >= 4 is 11.7 Å². The molecule has 1 aliphatic carbocycles. The Morgan fingerprint density at radius 3 is 2.84 bits per heavy atom. The van der Waals surface area contributed by atoms with Gasteiger partial charge in [0, 0.05) is 26.1 Å². The number of aromatic nitrogens is 2. The predicted molar refractivity (Wildman–Crippen MR) is 69.9 cm³/mol. The SMILES string of the molecule is CNC(=O)c1ccc(N2CC3CCC(O)C3C2)nn1. The van der Waals surface area contributed by atoms with Crippen molar-refractivity contribution in [3.63, 3.8) is 0 Å². The van der Waals surface area contributed by atoms with Crippen molar-refractivity contribution in [3.05, 3.63) is 17.8 Å². The zero-order valence-corrected chi connectivity index (χ0v) is 10.9. The number of nitrogens with zero attached hydrogens (tertiary/aromatic N) is 3. The smallest absolute Gasteiger partial charge is 0.271 e. The number of anilines is 1. The Labute approximate surface area is 111 Å². The molecule has 0 aromatic carbocycles. The average Bonchev–Trinajstić information content (AvgIpc) is 3.01. The van der Waals surface area contributed by atoms with Gasteiger partial charge in [-0.3, -0.25) is 4.79 Å². The summed E-state index contributed by atoms with van der Waals surface area (Å²) < 4.78 is 0. The molecule has 102 valence electrons. The minimum atomic E-state index is -0.229. The molecule has 2 fully saturated rings. The van der Waals surface area contributed by atoms with E-state index in [1.165, 1.54) is 0 Å². The highest BCUT2D eigenvalue weighted by Gasteiger charge is 2.42. The molecule has 1 saturated carbocycles. The lowest BCUT2D eigenvalue weighted by molar-refractivity contribution is 0.0957. The van der Waals surface area contributed by atoms with E-state index in [4.69, 9.17) is 0 Å². The van der Waals surface area contributed by atoms with Gasteiger partial charge in [-0.1, -0.05) is 0 Å². The molecule has 2 N–H and O–H groups in total. The van der Waals surface area contributed by atoms with Crippen LogP contribution in [0.2, 0.25) is 0 Å². The number of hydrogen-bond acceptors (Lipinski definition) is 5. The maximum absolute atomic E-state index is 11.4. The van der Waals surface area contributed by atoms with Gasteiger partial charge < -0.3 is 15.3 Å². The van der Waals surface area contributed by atoms with Crippen molar-refractivity contribution in [2.75, 3.05) is 25.0 Å². The van der Waals surface area contributed by atoms with E-state index < -0.39 is 0 Å². The van der Waals surface area contributed by atoms with E-state index >= 15 is 0 Å². The number of aliphatic hydroxyl groups excluding tert-OH is 1. The minimum absolute atomic E-state index is 0.173. The highest BCUT2D eigenvalue weighted by Crippen LogP contribution is 2.39. The second-order valence-corrected chi connectivity index (χ2v) is 5.33. The lowest BCUT2D eigenvalue weighted by Crippen LogP contribution is -2.26. The summed E-state index contributed by atoms with van der Waals surface area (Å²) in [5, 5.41) is 20.5. The van der Waals surface area contributed by atoms with E-state index in [2.05, 4.69) is 20.4 Å². The first-order valence-corrected chi connectivity index (χ1v) is 6.68. The number of hydrogen-bond donors (Lipinski definition) is 2. The van der Waals surface area contributed by atoms with Gasteiger partial charge in [-0.25, -0.2) is 0 Å². The molecule has 1 amide bonds. The van der Waals surface area contributed by atoms with Crippen molar-refractivity contribution in [3.8, 4) is 0 Å². The van der Waals surface area contributed by atoms with Crippen LogP contribution in [-0.4, -0.2) is 47.5 Å². The van der Waals surface area contributed by atoms with Crippen molar-refractivity contribution in [2.24, 2.45) is 11.8 Å². The second kappa shape index (κ2) is 4.77. The van der Waals surface area contributed by atoms with Gasteiger partial charge in [0.25, 0.3) is 5.91 Å². The Kier molecular flexibility index (Phi) is 3.10. The molecule has 0 radical (unpaired) electrons. The highest BCUT2D eigenvalue weighted by atomic mass is 16.3. The van der Waals surface area contributed by atoms with Gasteiger partial charge in [-0.05, 0) is 30.9 Å². The minimum Gasteiger partial charge on any atom is -0.393 e. The van der Waals surface area contributed by atoms with Crippen LogP contribution in [0.25, 0.3) is 0 Å². The fraction of sp³-hybridized carbons (Fsp3) is 0.615. The largest absolute Gasteiger partial charge is 0.393 e. The molecular formula is C13H18N4O2. The van der Waals surface area contributed by atoms with Gasteiger partial charge in [-0.2, -0.15) is 0 Å². The standard InChI is InChI=1S/C13H18N4O2/c1-14-13(19)10-3-5-12(16-15-10)17-6-8-2-4-11(18)9(8)7-17/h3,5,8-9,11,18H,2,4,6-7H2,1H3,(H,14,19). The van der Waals surface area contributed by atoms with E-state index in [0.717, 1.165) is 31.7 Å². The number of carbonyl (C=O) groups is 1. The van der Waals surface area contributed by atoms with Gasteiger partial charge in [0.2, 0.25) is 0 Å². The molecule has 3 atom stereocenters. The number of rotatable bonds is 2. The van der Waals surface area contributed by atoms with Gasteiger partial charge in [0.05, 0.1) is 6.10 Å². The first kappa shape index (κ1) is 12.3. The third-order valence-corrected chi connectivity index (χ3v) is 4.25. The maximum Gasteiger partial charge on any atom is 0.271 e. The molecule has 1 aromatic rings. The number of nitrogens with one attached hydrogen (secondary N) is 1. The lowest BCUT2D eigenvalue weighted by Gasteiger charge is -2.18. The first-order valence-electron chi connectivity index (χ1n) is 6.68. The monoisotopic (exact) mass is 262 g/mol. The second-order valence-electron chi connectivity index (χ2n) is 5.33. The van der Waals surface area contributed by atoms with Crippen LogP contribution < -0.4 is 10.2 Å². The topological polar surface area (TPSA) is 78.4 Å². The average molecular weight is 262 g/mol. The van der Waals surface area contributed by atoms with E-state index in [1.807, 2.05) is 6.07 Å². The summed E-state index contributed by atoms with van der Waals surface area (Å²) >= 11 is 0. The number of fused-ring (bicyclic) bond motifs is 1. The third-order valence-electron chi connectivity index (χ3n) is 4.25. The van der Waals surface area contributed by atoms with E-state index in [-0.39, 0.29) is 12.0 Å². The van der Waals surface area contributed by atoms with Crippen LogP contribution in [0.4, 0.5) is 5.82 Å². The van der Waals surface area contributed by atoms with E-state index in [9.17, 15) is 9.90 Å². The summed E-state index contributed by atoms with van der Waals surface area (Å²) in [5.74, 6) is 1.48. The predicted octanol–water partition coefficient (Wildman–Crippen LogP) is 0.0433. The number of carbonyl (C=O) groups excluding carboxylic acids is 1. The summed E-state index contributed by atoms with van der Waals surface area (Å²) in [7, 11) is 1.57. The molecule has 6 nitrogen and oxygen atoms in total. The molecular weight excluding hydrogens is 244 g/mol. The van der Waals surface area contributed by atoms with Gasteiger partial charge >= 0.3 is 0 Å². The molecule has 0 bridgehead atoms. The molecule has 1 saturated heterocycles. The highest BCUT2D eigenvalue weighted by molar-refractivity contribution is 5.91. The fourth-order valence-electron chi connectivity index (χ4n) is 3.17. The van der Waals surface area contributed by atoms with Crippen LogP contribution in [-0.2, 0) is 0 Å². The summed E-state index contributed by atoms with van der Waals surface area (Å²) in [6.45, 7) is 1.76. The number of amides is 1. The molecule has 2 aliphatic rings. The van der Waals surface area contributed by atoms with Crippen molar-refractivity contribution in [1.29, 1.82) is 0 Å². The normalized spacial score (nSPS) is 29.4. The van der Waals surface area contributed by atoms with Crippen molar-refractivity contribution in [2.45, 2.75) is 18.9 Å². The van der Waals surface area contributed by atoms with Crippen LogP contribution in [0.3, 0.4) is 0 Å². The van der Waals surface area contributed by atoms with Crippen LogP contribution >= 0.6 is 0 Å². The summed E-state index contributed by atoms with van der Waals surface area (Å²) in [6, 6.07) is 3.51. The molecule has 6 heteroatoms. The van der Waals surface area contributed by atoms with Crippen LogP contribution in [0.15, 0.2) is 12.1 Å². The van der Waals surface area contributed by atoms with Gasteiger partial charge in [-0.15, -0.1) is 10.2 Å². The van der Waals surface area contributed by atoms with Gasteiger partial charge in [0.1, 0.15) is 0 Å². The zero-order chi connectivity index (χ0) is 13.4. The van der Waals surface area contributed by atoms with Gasteiger partial charge in [0.15, 0.2) is 11.5 Å². The Morgan fingerprint density at radius 1 is 1.37 bits per heavy atom. The molecule has 2 heterocycles. The Bertz CT molecular complexity index is 476. The Hall–Kier alpha value is -1.69. The first-order chi connectivity index (χ1) is 9.19. The molecule has 19 heavy (non-hydrogen) atoms. The molecule has 3 unspecified atom stereocenters. The zero-order valence-electron chi connectivity index (χ0n) is 10.9. The van der Waals surface area contributed by atoms with Crippen LogP contribution in [0.1, 0.15) is 23.3 Å². The lowest BCUT2D eigenvalue weighted by atomic mass is 10.00. The van der Waals surface area contributed by atoms with E-state index in [1.54, 1.807) is 13.1 Å². The maximum atomic E-state index is 11.4. The molecule has 1 aromatic heterocycles. The summed E-state index contributed by atoms with van der Waals surface area (Å²) in [4.78, 5) is 13.5. The Balaban J connectivity index is 1.72. The molecule has 1 aliphatic heterocycles. The number of aliphatic hydroxyl groups is 1. The molecule has 0 spiro atoms. The van der Waals surface area contributed by atoms with Crippen LogP contribution in [0.5, 0.6) is 0 Å². The summed E-state index contributed by atoms with van der Waals surface area (Å²) in [5.41, 5.74) is 0.325. The fourth-order valence-corrected chi connectivity index (χ4v) is 3.17. The molecule has 3 rings (SSSR count).